The molecular weight excluding hydrogens is 483 g/mol. The molecule has 2 aromatic carbocycles. The monoisotopic (exact) mass is 512 g/mol. The smallest absolute Gasteiger partial charge is 0.255 e. The minimum atomic E-state index is -1.02. The summed E-state index contributed by atoms with van der Waals surface area (Å²) in [5, 5.41) is 15.2. The van der Waals surface area contributed by atoms with E-state index in [1.54, 1.807) is 44.2 Å². The predicted octanol–water partition coefficient (Wildman–Crippen LogP) is 6.21. The van der Waals surface area contributed by atoms with Gasteiger partial charge in [0.15, 0.2) is 0 Å². The zero-order valence-corrected chi connectivity index (χ0v) is 22.0. The number of amides is 2. The van der Waals surface area contributed by atoms with Crippen LogP contribution in [-0.4, -0.2) is 29.4 Å². The number of pyridine rings is 1. The number of hydrogen-bond acceptors (Lipinski definition) is 5. The first kappa shape index (κ1) is 26.6. The van der Waals surface area contributed by atoms with Crippen LogP contribution in [0.1, 0.15) is 66.4 Å². The third-order valence-electron chi connectivity index (χ3n) is 6.49. The Labute approximate surface area is 220 Å². The predicted molar refractivity (Wildman–Crippen MR) is 144 cm³/mol. The van der Waals surface area contributed by atoms with E-state index in [0.717, 1.165) is 23.2 Å². The molecule has 0 aliphatic carbocycles. The fourth-order valence-corrected chi connectivity index (χ4v) is 4.20. The lowest BCUT2D eigenvalue weighted by atomic mass is 9.92. The highest BCUT2D eigenvalue weighted by Gasteiger charge is 2.26. The Morgan fingerprint density at radius 2 is 1.82 bits per heavy atom. The minimum absolute atomic E-state index is 0.0484. The van der Waals surface area contributed by atoms with Gasteiger partial charge in [-0.3, -0.25) is 9.59 Å². The second-order valence-corrected chi connectivity index (χ2v) is 9.75. The molecule has 4 aromatic rings. The van der Waals surface area contributed by atoms with Gasteiger partial charge in [0.2, 0.25) is 5.71 Å². The van der Waals surface area contributed by atoms with Gasteiger partial charge in [-0.2, -0.15) is 5.26 Å². The van der Waals surface area contributed by atoms with E-state index < -0.39 is 11.4 Å². The van der Waals surface area contributed by atoms with Crippen molar-refractivity contribution in [2.75, 3.05) is 7.05 Å². The second-order valence-electron chi connectivity index (χ2n) is 9.75. The van der Waals surface area contributed by atoms with Crippen molar-refractivity contribution in [1.82, 2.24) is 15.6 Å². The van der Waals surface area contributed by atoms with E-state index in [1.807, 2.05) is 19.1 Å². The number of nitriles is 1. The number of furan rings is 1. The Morgan fingerprint density at radius 3 is 2.45 bits per heavy atom. The molecule has 7 nitrogen and oxygen atoms in total. The highest BCUT2D eigenvalue weighted by atomic mass is 19.1. The summed E-state index contributed by atoms with van der Waals surface area (Å²) in [6.45, 7) is 7.36. The van der Waals surface area contributed by atoms with Crippen LogP contribution in [0.4, 0.5) is 4.39 Å². The molecule has 2 N–H and O–H groups in total. The Kier molecular flexibility index (Phi) is 7.31. The highest BCUT2D eigenvalue weighted by molar-refractivity contribution is 6.11. The van der Waals surface area contributed by atoms with Gasteiger partial charge in [0.1, 0.15) is 17.1 Å². The van der Waals surface area contributed by atoms with Crippen LogP contribution in [0.5, 0.6) is 0 Å². The molecule has 8 heteroatoms. The van der Waals surface area contributed by atoms with E-state index in [9.17, 15) is 19.2 Å². The Balaban J connectivity index is 1.94. The summed E-state index contributed by atoms with van der Waals surface area (Å²) in [4.78, 5) is 30.8. The van der Waals surface area contributed by atoms with Gasteiger partial charge in [0.05, 0.1) is 22.7 Å². The Bertz CT molecular complexity index is 1570. The zero-order valence-electron chi connectivity index (χ0n) is 22.0. The van der Waals surface area contributed by atoms with Crippen molar-refractivity contribution in [2.24, 2.45) is 0 Å². The van der Waals surface area contributed by atoms with Crippen molar-refractivity contribution in [3.8, 4) is 28.5 Å². The largest absolute Gasteiger partial charge is 0.437 e. The highest BCUT2D eigenvalue weighted by Crippen LogP contribution is 2.38. The number of carbonyl (C=O) groups excluding carboxylic acids is 2. The lowest BCUT2D eigenvalue weighted by Crippen LogP contribution is -2.42. The van der Waals surface area contributed by atoms with Gasteiger partial charge in [0.25, 0.3) is 11.8 Å². The molecule has 2 aromatic heterocycles. The van der Waals surface area contributed by atoms with Crippen LogP contribution in [0.15, 0.2) is 59.0 Å². The first-order valence-corrected chi connectivity index (χ1v) is 12.4. The van der Waals surface area contributed by atoms with Crippen LogP contribution in [0.25, 0.3) is 33.6 Å². The van der Waals surface area contributed by atoms with Crippen LogP contribution in [0.3, 0.4) is 0 Å². The van der Waals surface area contributed by atoms with Crippen molar-refractivity contribution in [3.05, 3.63) is 77.2 Å². The fourth-order valence-electron chi connectivity index (χ4n) is 4.20. The SMILES string of the molecule is CC[C@H](C)c1nc2oc(-c3ccc(F)cc3)c(C(=O)NC)c2cc1-c1cccc(C(=O)NC(C)(C)C#N)c1. The quantitative estimate of drug-likeness (QED) is 0.306. The molecule has 0 aliphatic rings. The van der Waals surface area contributed by atoms with Gasteiger partial charge >= 0.3 is 0 Å². The fraction of sp³-hybridized carbons (Fsp3) is 0.267. The van der Waals surface area contributed by atoms with E-state index in [0.29, 0.717) is 33.6 Å². The summed E-state index contributed by atoms with van der Waals surface area (Å²) in [6.07, 6.45) is 0.801. The maximum absolute atomic E-state index is 13.6. The van der Waals surface area contributed by atoms with Crippen LogP contribution in [0.2, 0.25) is 0 Å². The number of benzene rings is 2. The standard InChI is InChI=1S/C30H29FN4O3/c1-6-17(2)25-22(19-8-7-9-20(14-19)27(36)35-30(3,4)16-32)15-23-24(28(37)33-5)26(38-29(23)34-25)18-10-12-21(31)13-11-18/h7-15,17H,6H2,1-5H3,(H,33,37)(H,35,36)/t17-/m0/s1. The van der Waals surface area contributed by atoms with Crippen LogP contribution < -0.4 is 10.6 Å². The molecule has 0 bridgehead atoms. The molecule has 4 rings (SSSR count). The Hall–Kier alpha value is -4.51. The third kappa shape index (κ3) is 5.14. The molecule has 0 aliphatic heterocycles. The van der Waals surface area contributed by atoms with E-state index in [-0.39, 0.29) is 17.7 Å². The van der Waals surface area contributed by atoms with Gasteiger partial charge in [-0.15, -0.1) is 0 Å². The molecule has 1 atom stereocenters. The molecule has 0 unspecified atom stereocenters. The van der Waals surface area contributed by atoms with Crippen LogP contribution in [0, 0.1) is 17.1 Å². The zero-order chi connectivity index (χ0) is 27.6. The van der Waals surface area contributed by atoms with Crippen molar-refractivity contribution in [3.63, 3.8) is 0 Å². The third-order valence-corrected chi connectivity index (χ3v) is 6.49. The lowest BCUT2D eigenvalue weighted by Gasteiger charge is -2.18. The molecule has 0 fully saturated rings. The molecule has 194 valence electrons. The topological polar surface area (TPSA) is 108 Å². The number of rotatable bonds is 7. The van der Waals surface area contributed by atoms with Crippen LogP contribution >= 0.6 is 0 Å². The van der Waals surface area contributed by atoms with Gasteiger partial charge in [-0.25, -0.2) is 9.37 Å². The molecule has 2 amide bonds. The van der Waals surface area contributed by atoms with Crippen molar-refractivity contribution < 1.29 is 18.4 Å². The Morgan fingerprint density at radius 1 is 1.11 bits per heavy atom. The average Bonchev–Trinajstić information content (AvgIpc) is 3.30. The molecule has 0 saturated carbocycles. The number of aromatic nitrogens is 1. The number of fused-ring (bicyclic) bond motifs is 1. The number of nitrogens with zero attached hydrogens (tertiary/aromatic N) is 2. The lowest BCUT2D eigenvalue weighted by molar-refractivity contribution is 0.0927. The van der Waals surface area contributed by atoms with Crippen molar-refractivity contribution in [2.45, 2.75) is 45.6 Å². The van der Waals surface area contributed by atoms with Crippen LogP contribution in [-0.2, 0) is 0 Å². The second kappa shape index (κ2) is 10.5. The normalized spacial score (nSPS) is 12.1. The molecule has 0 radical (unpaired) electrons. The average molecular weight is 513 g/mol. The molecule has 0 saturated heterocycles. The molecule has 0 spiro atoms. The van der Waals surface area contributed by atoms with Crippen molar-refractivity contribution >= 4 is 22.9 Å². The van der Waals surface area contributed by atoms with E-state index in [2.05, 4.69) is 23.6 Å². The van der Waals surface area contributed by atoms with Gasteiger partial charge in [-0.05, 0) is 74.2 Å². The summed E-state index contributed by atoms with van der Waals surface area (Å²) in [7, 11) is 1.53. The van der Waals surface area contributed by atoms with Gasteiger partial charge in [0, 0.05) is 23.7 Å². The summed E-state index contributed by atoms with van der Waals surface area (Å²) >= 11 is 0. The molecule has 2 heterocycles. The number of hydrogen-bond donors (Lipinski definition) is 2. The van der Waals surface area contributed by atoms with E-state index >= 15 is 0 Å². The van der Waals surface area contributed by atoms with Gasteiger partial charge in [-0.1, -0.05) is 26.0 Å². The first-order chi connectivity index (χ1) is 18.1. The molecular formula is C30H29FN4O3. The summed E-state index contributed by atoms with van der Waals surface area (Å²) in [6, 6.07) is 16.7. The maximum atomic E-state index is 13.6. The van der Waals surface area contributed by atoms with E-state index in [1.165, 1.54) is 19.2 Å². The molecule has 38 heavy (non-hydrogen) atoms. The maximum Gasteiger partial charge on any atom is 0.255 e. The number of nitrogens with one attached hydrogen (secondary N) is 2. The van der Waals surface area contributed by atoms with Gasteiger partial charge < -0.3 is 15.1 Å². The first-order valence-electron chi connectivity index (χ1n) is 12.4. The summed E-state index contributed by atoms with van der Waals surface area (Å²) < 4.78 is 19.7. The number of carbonyl (C=O) groups is 2. The number of halogens is 1. The summed E-state index contributed by atoms with van der Waals surface area (Å²) in [5.74, 6) is -0.782. The van der Waals surface area contributed by atoms with Crippen molar-refractivity contribution in [1.29, 1.82) is 5.26 Å². The summed E-state index contributed by atoms with van der Waals surface area (Å²) in [5.41, 5.74) is 2.78. The minimum Gasteiger partial charge on any atom is -0.437 e. The van der Waals surface area contributed by atoms with E-state index in [4.69, 9.17) is 9.40 Å².